The first kappa shape index (κ1) is 58.6. The van der Waals surface area contributed by atoms with Gasteiger partial charge in [-0.2, -0.15) is 0 Å². The van der Waals surface area contributed by atoms with Gasteiger partial charge in [0.15, 0.2) is 12.2 Å². The SMILES string of the molecule is COC(=O)[C@@]1(OC[C@@H](O)[C@@H](O)[C@@H]2O[C@@](Sc3ccccc3)(C(=O)OC)C[C@H](OC(C)=O)[C@H]2NC(C)=O)C[C@H](OC(C)=O)[C@@H](NC(=O)OCC(Cl)(Cl)Cl)[C@H]([C@H](OC(C)=O)[C@@H](COC(C)=O)OC(C)=O)O1. The van der Waals surface area contributed by atoms with Crippen LogP contribution < -0.4 is 10.6 Å². The zero-order chi connectivity index (χ0) is 52.0. The van der Waals surface area contributed by atoms with Gasteiger partial charge in [-0.05, 0) is 12.1 Å². The second-order valence-electron chi connectivity index (χ2n) is 15.3. The predicted octanol–water partition coefficient (Wildman–Crippen LogP) is 1.09. The first-order valence-corrected chi connectivity index (χ1v) is 22.5. The summed E-state index contributed by atoms with van der Waals surface area (Å²) in [4.78, 5) is 114. The maximum Gasteiger partial charge on any atom is 0.407 e. The summed E-state index contributed by atoms with van der Waals surface area (Å²) in [5, 5.41) is 28.6. The summed E-state index contributed by atoms with van der Waals surface area (Å²) in [6.45, 7) is 3.01. The third-order valence-electron chi connectivity index (χ3n) is 9.76. The smallest absolute Gasteiger partial charge is 0.407 e. The first-order valence-electron chi connectivity index (χ1n) is 20.5. The van der Waals surface area contributed by atoms with Gasteiger partial charge >= 0.3 is 47.9 Å². The van der Waals surface area contributed by atoms with E-state index in [1.807, 2.05) is 0 Å². The summed E-state index contributed by atoms with van der Waals surface area (Å²) in [7, 11) is 1.91. The van der Waals surface area contributed by atoms with Crippen molar-refractivity contribution in [3.63, 3.8) is 0 Å². The van der Waals surface area contributed by atoms with Crippen molar-refractivity contribution in [2.45, 2.75) is 135 Å². The molecule has 4 N–H and O–H groups in total. The van der Waals surface area contributed by atoms with Gasteiger partial charge in [0.1, 0.15) is 49.8 Å². The van der Waals surface area contributed by atoms with Crippen LogP contribution in [0, 0.1) is 0 Å². The van der Waals surface area contributed by atoms with Crippen LogP contribution in [-0.4, -0.2) is 173 Å². The van der Waals surface area contributed by atoms with Crippen molar-refractivity contribution in [1.29, 1.82) is 0 Å². The third kappa shape index (κ3) is 17.3. The number of hydrogen-bond acceptors (Lipinski definition) is 23. The summed E-state index contributed by atoms with van der Waals surface area (Å²) in [6.07, 6.45) is -18.3. The number of hydrogen-bond donors (Lipinski definition) is 4. The molecule has 0 spiro atoms. The first-order chi connectivity index (χ1) is 32.2. The van der Waals surface area contributed by atoms with Crippen molar-refractivity contribution < 1.29 is 105 Å². The molecular formula is C41H53Cl3N2O22S. The zero-order valence-electron chi connectivity index (χ0n) is 38.3. The van der Waals surface area contributed by atoms with Crippen molar-refractivity contribution in [3.8, 4) is 0 Å². The highest BCUT2D eigenvalue weighted by molar-refractivity contribution is 8.01. The second kappa shape index (κ2) is 25.9. The molecule has 1 aromatic carbocycles. The summed E-state index contributed by atoms with van der Waals surface area (Å²) < 4.78 is 58.6. The molecule has 386 valence electrons. The molecule has 2 fully saturated rings. The topological polar surface area (TPSA) is 320 Å². The Bertz CT molecular complexity index is 2010. The lowest BCUT2D eigenvalue weighted by Crippen LogP contribution is -2.70. The molecule has 3 rings (SSSR count). The molecule has 69 heavy (non-hydrogen) atoms. The van der Waals surface area contributed by atoms with E-state index in [9.17, 15) is 53.4 Å². The number of carbonyl (C=O) groups excluding carboxylic acids is 9. The van der Waals surface area contributed by atoms with Gasteiger partial charge in [-0.1, -0.05) is 64.8 Å². The molecule has 2 amide bonds. The van der Waals surface area contributed by atoms with E-state index in [1.54, 1.807) is 30.3 Å². The van der Waals surface area contributed by atoms with Crippen molar-refractivity contribution in [2.75, 3.05) is 34.0 Å². The lowest BCUT2D eigenvalue weighted by molar-refractivity contribution is -0.320. The number of esters is 7. The van der Waals surface area contributed by atoms with Gasteiger partial charge in [-0.25, -0.2) is 14.4 Å². The van der Waals surface area contributed by atoms with Gasteiger partial charge in [0, 0.05) is 52.9 Å². The van der Waals surface area contributed by atoms with Crippen molar-refractivity contribution in [3.05, 3.63) is 30.3 Å². The molecule has 24 nitrogen and oxygen atoms in total. The highest BCUT2D eigenvalue weighted by Gasteiger charge is 2.61. The van der Waals surface area contributed by atoms with Crippen molar-refractivity contribution in [2.24, 2.45) is 0 Å². The van der Waals surface area contributed by atoms with Crippen LogP contribution in [-0.2, 0) is 90.5 Å². The van der Waals surface area contributed by atoms with Gasteiger partial charge in [-0.15, -0.1) is 0 Å². The lowest BCUT2D eigenvalue weighted by atomic mass is 9.87. The largest absolute Gasteiger partial charge is 0.466 e. The molecule has 2 saturated heterocycles. The maximum absolute atomic E-state index is 14.0. The number of nitrogens with one attached hydrogen (secondary N) is 2. The standard InChI is InChI=1S/C41H53Cl3N2O22S/c1-19(47)45-30-28(64-22(4)50)15-40(37(56)59-8,69-25-12-10-9-11-13-25)68-34(30)32(54)26(53)16-62-39(36(55)58-7)14-27(63-21(3)49)31(46-38(57)61-18-41(42,43)44)35(67-39)33(66-24(6)52)29(65-23(5)51)17-60-20(2)48/h9-13,26-35,53-54H,14-18H2,1-8H3,(H,45,47)(H,46,57)/t26-,27+,28+,29-,30-,31-,32-,33-,34-,35-,39-,40+/m1/s1. The van der Waals surface area contributed by atoms with E-state index < -0.39 is 162 Å². The quantitative estimate of drug-likeness (QED) is 0.0807. The Morgan fingerprint density at radius 2 is 1.29 bits per heavy atom. The summed E-state index contributed by atoms with van der Waals surface area (Å²) in [6, 6.07) is 4.92. The Morgan fingerprint density at radius 3 is 1.80 bits per heavy atom. The molecule has 0 aromatic heterocycles. The minimum atomic E-state index is -2.93. The van der Waals surface area contributed by atoms with Crippen LogP contribution in [0.15, 0.2) is 35.2 Å². The highest BCUT2D eigenvalue weighted by Crippen LogP contribution is 2.46. The predicted molar refractivity (Wildman–Crippen MR) is 234 cm³/mol. The number of ether oxygens (including phenoxy) is 11. The number of alkyl carbamates (subject to hydrolysis) is 1. The van der Waals surface area contributed by atoms with Gasteiger partial charge in [0.2, 0.25) is 14.6 Å². The van der Waals surface area contributed by atoms with E-state index >= 15 is 0 Å². The second-order valence-corrected chi connectivity index (χ2v) is 19.1. The average molecular weight is 1060 g/mol. The van der Waals surface area contributed by atoms with E-state index in [-0.39, 0.29) is 0 Å². The Kier molecular flexibility index (Phi) is 22.0. The van der Waals surface area contributed by atoms with E-state index in [1.165, 1.54) is 0 Å². The fourth-order valence-corrected chi connectivity index (χ4v) is 8.62. The lowest BCUT2D eigenvalue weighted by Gasteiger charge is -2.49. The molecule has 12 atom stereocenters. The molecule has 2 aliphatic rings. The molecular weight excluding hydrogens is 1010 g/mol. The number of aliphatic hydroxyl groups is 2. The van der Waals surface area contributed by atoms with Crippen LogP contribution in [0.5, 0.6) is 0 Å². The molecule has 0 aliphatic carbocycles. The molecule has 0 unspecified atom stereocenters. The van der Waals surface area contributed by atoms with Gasteiger partial charge in [0.05, 0.1) is 39.3 Å². The van der Waals surface area contributed by atoms with Crippen LogP contribution in [0.2, 0.25) is 0 Å². The Hall–Kier alpha value is -4.73. The number of rotatable bonds is 20. The van der Waals surface area contributed by atoms with Gasteiger partial charge < -0.3 is 73.0 Å². The number of amides is 2. The minimum absolute atomic E-state index is 0.438. The molecule has 2 heterocycles. The molecule has 0 saturated carbocycles. The third-order valence-corrected chi connectivity index (χ3v) is 11.3. The number of alkyl halides is 3. The van der Waals surface area contributed by atoms with Gasteiger partial charge in [0.25, 0.3) is 5.79 Å². The van der Waals surface area contributed by atoms with E-state index in [2.05, 4.69) is 10.6 Å². The average Bonchev–Trinajstić information content (AvgIpc) is 3.25. The minimum Gasteiger partial charge on any atom is -0.466 e. The van der Waals surface area contributed by atoms with Crippen LogP contribution in [0.3, 0.4) is 0 Å². The number of methoxy groups -OCH3 is 2. The maximum atomic E-state index is 14.0. The van der Waals surface area contributed by atoms with E-state index in [0.29, 0.717) is 4.90 Å². The zero-order valence-corrected chi connectivity index (χ0v) is 41.4. The fourth-order valence-electron chi connectivity index (χ4n) is 7.21. The Balaban J connectivity index is 2.23. The molecule has 0 radical (unpaired) electrons. The number of thioether (sulfide) groups is 1. The number of halogens is 3. The molecule has 1 aromatic rings. The molecule has 28 heteroatoms. The summed E-state index contributed by atoms with van der Waals surface area (Å²) >= 11 is 18.1. The summed E-state index contributed by atoms with van der Waals surface area (Å²) in [5.41, 5.74) is 0. The number of aliphatic hydroxyl groups excluding tert-OH is 2. The Labute approximate surface area is 414 Å². The Morgan fingerprint density at radius 1 is 0.725 bits per heavy atom. The number of benzene rings is 1. The van der Waals surface area contributed by atoms with E-state index in [0.717, 1.165) is 67.5 Å². The normalized spacial score (nSPS) is 26.2. The van der Waals surface area contributed by atoms with Crippen LogP contribution in [0.25, 0.3) is 0 Å². The van der Waals surface area contributed by atoms with Crippen LogP contribution in [0.4, 0.5) is 4.79 Å². The fraction of sp³-hybridized carbons (Fsp3) is 0.634. The summed E-state index contributed by atoms with van der Waals surface area (Å²) in [5.74, 6) is -11.1. The highest BCUT2D eigenvalue weighted by atomic mass is 35.6. The van der Waals surface area contributed by atoms with Crippen LogP contribution >= 0.6 is 46.6 Å². The number of carbonyl (C=O) groups is 9. The van der Waals surface area contributed by atoms with Gasteiger partial charge in [-0.3, -0.25) is 28.8 Å². The van der Waals surface area contributed by atoms with Crippen molar-refractivity contribution in [1.82, 2.24) is 10.6 Å². The molecule has 0 bridgehead atoms. The van der Waals surface area contributed by atoms with Crippen molar-refractivity contribution >= 4 is 100 Å². The van der Waals surface area contributed by atoms with E-state index in [4.69, 9.17) is 86.9 Å². The monoisotopic (exact) mass is 1060 g/mol. The van der Waals surface area contributed by atoms with Crippen LogP contribution in [0.1, 0.15) is 54.4 Å². The molecule has 2 aliphatic heterocycles.